The molecule has 0 spiro atoms. The Balaban J connectivity index is 1.40. The van der Waals surface area contributed by atoms with Crippen LogP contribution in [0.1, 0.15) is 58.3 Å². The van der Waals surface area contributed by atoms with Gasteiger partial charge >= 0.3 is 5.97 Å². The van der Waals surface area contributed by atoms with E-state index >= 15 is 0 Å². The highest BCUT2D eigenvalue weighted by atomic mass is 32.2. The number of ether oxygens (including phenoxy) is 1. The zero-order valence-electron chi connectivity index (χ0n) is 17.6. The first-order valence-corrected chi connectivity index (χ1v) is 12.7. The van der Waals surface area contributed by atoms with E-state index in [2.05, 4.69) is 6.92 Å². The molecule has 0 unspecified atom stereocenters. The summed E-state index contributed by atoms with van der Waals surface area (Å²) in [5.41, 5.74) is 0.0123. The number of carbonyl (C=O) groups is 2. The van der Waals surface area contributed by atoms with E-state index in [0.717, 1.165) is 55.2 Å². The minimum absolute atomic E-state index is 0.0123. The topological polar surface area (TPSA) is 87.4 Å². The van der Waals surface area contributed by atoms with Gasteiger partial charge < -0.3 is 9.84 Å². The van der Waals surface area contributed by atoms with Gasteiger partial charge in [-0.05, 0) is 68.4 Å². The Hall–Kier alpha value is -1.91. The molecular formula is C24H27NO4S2. The molecule has 0 aromatic heterocycles. The van der Waals surface area contributed by atoms with Crippen molar-refractivity contribution >= 4 is 35.8 Å². The molecule has 164 valence electrons. The van der Waals surface area contributed by atoms with Crippen LogP contribution >= 0.6 is 23.5 Å². The van der Waals surface area contributed by atoms with Crippen LogP contribution in [-0.2, 0) is 9.59 Å². The van der Waals surface area contributed by atoms with Gasteiger partial charge in [0.1, 0.15) is 23.1 Å². The number of hydrogen-bond acceptors (Lipinski definition) is 7. The van der Waals surface area contributed by atoms with E-state index in [1.807, 2.05) is 6.07 Å². The molecule has 0 radical (unpaired) electrons. The molecule has 0 atom stereocenters. The molecule has 2 saturated carbocycles. The maximum absolute atomic E-state index is 12.9. The molecule has 3 aliphatic rings. The number of phenols is 1. The number of thioether (sulfide) groups is 2. The third kappa shape index (κ3) is 4.80. The zero-order chi connectivity index (χ0) is 22.0. The Labute approximate surface area is 191 Å². The average molecular weight is 458 g/mol. The number of rotatable bonds is 4. The van der Waals surface area contributed by atoms with Gasteiger partial charge in [-0.15, -0.1) is 0 Å². The summed E-state index contributed by atoms with van der Waals surface area (Å²) in [6, 6.07) is 4.95. The lowest BCUT2D eigenvalue weighted by atomic mass is 9.69. The Bertz CT molecular complexity index is 936. The van der Waals surface area contributed by atoms with Gasteiger partial charge in [0.05, 0.1) is 19.9 Å². The third-order valence-corrected chi connectivity index (χ3v) is 9.61. The predicted octanol–water partition coefficient (Wildman–Crippen LogP) is 6.06. The van der Waals surface area contributed by atoms with Gasteiger partial charge in [0.15, 0.2) is 6.29 Å². The molecule has 1 N–H and O–H groups in total. The van der Waals surface area contributed by atoms with Gasteiger partial charge in [-0.2, -0.15) is 5.26 Å². The van der Waals surface area contributed by atoms with Crippen molar-refractivity contribution in [2.75, 3.05) is 0 Å². The van der Waals surface area contributed by atoms with Crippen LogP contribution in [0.25, 0.3) is 0 Å². The molecule has 2 fully saturated rings. The monoisotopic (exact) mass is 457 g/mol. The Morgan fingerprint density at radius 2 is 1.68 bits per heavy atom. The second-order valence-electron chi connectivity index (χ2n) is 8.93. The number of aromatic hydroxyl groups is 1. The van der Waals surface area contributed by atoms with Crippen LogP contribution in [0.4, 0.5) is 0 Å². The highest BCUT2D eigenvalue weighted by molar-refractivity contribution is 8.24. The van der Waals surface area contributed by atoms with E-state index in [1.165, 1.54) is 43.5 Å². The van der Waals surface area contributed by atoms with Crippen LogP contribution in [0, 0.1) is 35.0 Å². The summed E-state index contributed by atoms with van der Waals surface area (Å²) in [6.07, 6.45) is 9.76. The molecule has 4 rings (SSSR count). The normalized spacial score (nSPS) is 29.5. The van der Waals surface area contributed by atoms with Gasteiger partial charge in [-0.1, -0.05) is 43.3 Å². The fourth-order valence-corrected chi connectivity index (χ4v) is 7.49. The van der Waals surface area contributed by atoms with Gasteiger partial charge in [0, 0.05) is 0 Å². The van der Waals surface area contributed by atoms with Crippen LogP contribution in [0.2, 0.25) is 0 Å². The number of aldehydes is 1. The number of hydrogen-bond donors (Lipinski definition) is 1. The number of nitriles is 1. The number of nitrogens with zero attached hydrogens (tertiary/aromatic N) is 1. The molecule has 2 aliphatic carbocycles. The summed E-state index contributed by atoms with van der Waals surface area (Å²) in [4.78, 5) is 25.1. The summed E-state index contributed by atoms with van der Waals surface area (Å²) in [7, 11) is 0. The van der Waals surface area contributed by atoms with Crippen molar-refractivity contribution in [2.24, 2.45) is 23.7 Å². The second kappa shape index (κ2) is 9.70. The Kier molecular flexibility index (Phi) is 6.98. The van der Waals surface area contributed by atoms with E-state index in [9.17, 15) is 14.7 Å². The predicted molar refractivity (Wildman–Crippen MR) is 121 cm³/mol. The van der Waals surface area contributed by atoms with Gasteiger partial charge in [-0.3, -0.25) is 9.59 Å². The summed E-state index contributed by atoms with van der Waals surface area (Å²) >= 11 is 2.35. The van der Waals surface area contributed by atoms with Crippen LogP contribution in [-0.4, -0.2) is 17.4 Å². The van der Waals surface area contributed by atoms with Crippen LogP contribution in [0.3, 0.4) is 0 Å². The summed E-state index contributed by atoms with van der Waals surface area (Å²) < 4.78 is 6.26. The smallest absolute Gasteiger partial charge is 0.314 e. The fourth-order valence-electron chi connectivity index (χ4n) is 5.02. The highest BCUT2D eigenvalue weighted by Gasteiger charge is 2.34. The van der Waals surface area contributed by atoms with E-state index in [4.69, 9.17) is 10.00 Å². The van der Waals surface area contributed by atoms with Crippen molar-refractivity contribution < 1.29 is 19.4 Å². The third-order valence-electron chi connectivity index (χ3n) is 6.95. The minimum atomic E-state index is -0.220. The zero-order valence-corrected chi connectivity index (χ0v) is 19.3. The van der Waals surface area contributed by atoms with Crippen molar-refractivity contribution in [3.05, 3.63) is 21.9 Å². The van der Waals surface area contributed by atoms with Gasteiger partial charge in [-0.25, -0.2) is 0 Å². The average Bonchev–Trinajstić information content (AvgIpc) is 3.23. The molecule has 1 aromatic rings. The largest absolute Gasteiger partial charge is 0.507 e. The molecule has 1 heterocycles. The summed E-state index contributed by atoms with van der Waals surface area (Å²) in [6.45, 7) is 2.35. The second-order valence-corrected chi connectivity index (χ2v) is 11.2. The minimum Gasteiger partial charge on any atom is -0.507 e. The van der Waals surface area contributed by atoms with Crippen molar-refractivity contribution in [2.45, 2.75) is 68.1 Å². The molecule has 5 nitrogen and oxygen atoms in total. The molecule has 1 aromatic carbocycles. The molecule has 0 amide bonds. The van der Waals surface area contributed by atoms with Crippen LogP contribution in [0.15, 0.2) is 31.7 Å². The number of allylic oxidation sites excluding steroid dienone is 1. The lowest BCUT2D eigenvalue weighted by molar-refractivity contribution is -0.140. The van der Waals surface area contributed by atoms with Crippen LogP contribution in [0.5, 0.6) is 11.5 Å². The summed E-state index contributed by atoms with van der Waals surface area (Å²) in [5, 5.41) is 19.3. The Morgan fingerprint density at radius 1 is 1.06 bits per heavy atom. The standard InChI is InChI=1S/C24H27NO4S2/c1-14-2-4-15(5-3-14)16-6-8-17(9-7-16)23(28)29-20-11-10-19(27)21-22(20)31-24(30-21)18(12-25)13-26/h10-11,13-17,27H,2-9H2,1H3/b24-18-. The first-order valence-electron chi connectivity index (χ1n) is 11.0. The van der Waals surface area contributed by atoms with Gasteiger partial charge in [0.25, 0.3) is 0 Å². The van der Waals surface area contributed by atoms with E-state index in [0.29, 0.717) is 26.1 Å². The lowest BCUT2D eigenvalue weighted by Crippen LogP contribution is -2.30. The molecule has 7 heteroatoms. The Morgan fingerprint density at radius 3 is 2.29 bits per heavy atom. The maximum atomic E-state index is 12.9. The van der Waals surface area contributed by atoms with E-state index in [-0.39, 0.29) is 23.2 Å². The molecule has 31 heavy (non-hydrogen) atoms. The van der Waals surface area contributed by atoms with Crippen molar-refractivity contribution in [1.82, 2.24) is 0 Å². The highest BCUT2D eigenvalue weighted by Crippen LogP contribution is 2.58. The number of carbonyl (C=O) groups excluding carboxylic acids is 2. The number of fused-ring (bicyclic) bond motifs is 1. The fraction of sp³-hybridized carbons (Fsp3) is 0.542. The number of esters is 1. The molecular weight excluding hydrogens is 430 g/mol. The van der Waals surface area contributed by atoms with Crippen LogP contribution < -0.4 is 4.74 Å². The quantitative estimate of drug-likeness (QED) is 0.193. The molecule has 0 saturated heterocycles. The van der Waals surface area contributed by atoms with Gasteiger partial charge in [0.2, 0.25) is 0 Å². The molecule has 1 aliphatic heterocycles. The van der Waals surface area contributed by atoms with Crippen molar-refractivity contribution in [3.63, 3.8) is 0 Å². The summed E-state index contributed by atoms with van der Waals surface area (Å²) in [5.74, 6) is 2.53. The lowest BCUT2D eigenvalue weighted by Gasteiger charge is -2.36. The SMILES string of the molecule is CC1CCC(C2CCC(C(=O)Oc3ccc(O)c4c3S/C(=C(/C#N)C=O)S4)CC2)CC1. The number of phenolic OH excluding ortho intramolecular Hbond substituents is 1. The number of benzene rings is 1. The van der Waals surface area contributed by atoms with E-state index in [1.54, 1.807) is 6.07 Å². The van der Waals surface area contributed by atoms with E-state index < -0.39 is 0 Å². The maximum Gasteiger partial charge on any atom is 0.314 e. The first-order chi connectivity index (χ1) is 15.0. The first kappa shape index (κ1) is 22.3. The van der Waals surface area contributed by atoms with Crippen molar-refractivity contribution in [3.8, 4) is 17.6 Å². The van der Waals surface area contributed by atoms with Crippen molar-refractivity contribution in [1.29, 1.82) is 5.26 Å². The molecule has 0 bridgehead atoms.